The number of amides is 5. The maximum atomic E-state index is 15.4. The third kappa shape index (κ3) is 9.49. The van der Waals surface area contributed by atoms with E-state index in [1.165, 1.54) is 18.2 Å². The lowest BCUT2D eigenvalue weighted by molar-refractivity contribution is -0.136. The number of piperidine rings is 2. The van der Waals surface area contributed by atoms with Crippen molar-refractivity contribution in [2.45, 2.75) is 44.3 Å². The van der Waals surface area contributed by atoms with Crippen LogP contribution >= 0.6 is 0 Å². The number of rotatable bonds is 15. The number of benzene rings is 3. The first-order chi connectivity index (χ1) is 31.6. The highest BCUT2D eigenvalue weighted by Gasteiger charge is 2.45. The number of hydrogen-bond donors (Lipinski definition) is 3. The lowest BCUT2D eigenvalue weighted by Gasteiger charge is -2.31. The number of likely N-dealkylation sites (tertiary alicyclic amines) is 1. The average Bonchev–Trinajstić information content (AvgIpc) is 3.90. The molecule has 3 N–H and O–H groups in total. The Bertz CT molecular complexity index is 2620. The summed E-state index contributed by atoms with van der Waals surface area (Å²) in [5.74, 6) is -3.58. The summed E-state index contributed by atoms with van der Waals surface area (Å²) in [6.45, 7) is 5.33. The number of carbonyl (C=O) groups excluding carboxylic acids is 5. The Morgan fingerprint density at radius 1 is 0.862 bits per heavy atom. The summed E-state index contributed by atoms with van der Waals surface area (Å²) < 4.78 is 43.8. The highest BCUT2D eigenvalue weighted by atomic mass is 19.1. The number of aromatic nitrogens is 4. The molecule has 1 unspecified atom stereocenters. The standard InChI is InChI=1S/C46H48F2N10O7/c47-34-21-28(22-35(48)33(34)26-56-15-19-65-20-16-56)31-3-1-6-37-43(31)53-38(24-51-37)29-23-52-57(25-29)30-9-13-55(14-10-30)27-41(60)50-12-18-64-17-11-49-36-5-2-4-32-42(36)46(63)58(45(32)62)39-7-8-40(59)54-44(39)61/h1-6,21-25,30,39,49H,7-20,26-27H2,(H,50,60)(H,54,59,61). The number of halogens is 2. The monoisotopic (exact) mass is 890 g/mol. The van der Waals surface area contributed by atoms with Crippen molar-refractivity contribution < 1.29 is 42.2 Å². The number of carbonyl (C=O) groups is 5. The van der Waals surface area contributed by atoms with Gasteiger partial charge in [0.25, 0.3) is 11.8 Å². The van der Waals surface area contributed by atoms with E-state index in [0.29, 0.717) is 86.0 Å². The predicted molar refractivity (Wildman–Crippen MR) is 232 cm³/mol. The van der Waals surface area contributed by atoms with Crippen LogP contribution in [0.25, 0.3) is 33.4 Å². The molecule has 3 saturated heterocycles. The van der Waals surface area contributed by atoms with Crippen LogP contribution in [-0.2, 0) is 30.4 Å². The van der Waals surface area contributed by atoms with Gasteiger partial charge in [-0.15, -0.1) is 0 Å². The Balaban J connectivity index is 0.715. The second-order valence-corrected chi connectivity index (χ2v) is 16.5. The smallest absolute Gasteiger partial charge is 0.264 e. The van der Waals surface area contributed by atoms with Crippen molar-refractivity contribution >= 4 is 46.3 Å². The molecule has 6 heterocycles. The van der Waals surface area contributed by atoms with E-state index in [9.17, 15) is 24.0 Å². The van der Waals surface area contributed by atoms with Gasteiger partial charge in [-0.2, -0.15) is 5.10 Å². The maximum absolute atomic E-state index is 15.4. The number of nitrogens with zero attached hydrogens (tertiary/aromatic N) is 7. The Labute approximate surface area is 372 Å². The van der Waals surface area contributed by atoms with Crippen LogP contribution in [0.3, 0.4) is 0 Å². The number of nitrogens with one attached hydrogen (secondary N) is 3. The second kappa shape index (κ2) is 19.3. The van der Waals surface area contributed by atoms with Gasteiger partial charge in [0.1, 0.15) is 17.7 Å². The lowest BCUT2D eigenvalue weighted by atomic mass is 10.0. The minimum atomic E-state index is -1.04. The zero-order valence-electron chi connectivity index (χ0n) is 35.6. The van der Waals surface area contributed by atoms with Gasteiger partial charge < -0.3 is 20.1 Å². The Morgan fingerprint density at radius 3 is 2.40 bits per heavy atom. The Hall–Kier alpha value is -6.54. The van der Waals surface area contributed by atoms with Crippen molar-refractivity contribution in [1.29, 1.82) is 0 Å². The molecule has 0 aliphatic carbocycles. The third-order valence-electron chi connectivity index (χ3n) is 12.3. The van der Waals surface area contributed by atoms with Crippen molar-refractivity contribution in [3.8, 4) is 22.4 Å². The number of anilines is 1. The largest absolute Gasteiger partial charge is 0.382 e. The molecule has 0 spiro atoms. The van der Waals surface area contributed by atoms with Gasteiger partial charge in [0.2, 0.25) is 17.7 Å². The van der Waals surface area contributed by atoms with E-state index in [4.69, 9.17) is 14.5 Å². The predicted octanol–water partition coefficient (Wildman–Crippen LogP) is 3.55. The van der Waals surface area contributed by atoms with Crippen molar-refractivity contribution in [2.24, 2.45) is 0 Å². The number of imide groups is 2. The lowest BCUT2D eigenvalue weighted by Crippen LogP contribution is -2.54. The molecular weight excluding hydrogens is 843 g/mol. The van der Waals surface area contributed by atoms with Crippen molar-refractivity contribution in [3.63, 3.8) is 0 Å². The van der Waals surface area contributed by atoms with E-state index in [0.717, 1.165) is 23.3 Å². The van der Waals surface area contributed by atoms with Crippen LogP contribution in [0.4, 0.5) is 14.5 Å². The van der Waals surface area contributed by atoms with Crippen LogP contribution in [0.2, 0.25) is 0 Å². The zero-order chi connectivity index (χ0) is 45.0. The van der Waals surface area contributed by atoms with Gasteiger partial charge in [0, 0.05) is 80.8 Å². The SMILES string of the molecule is O=C(CN1CCC(n2cc(-c3cnc4cccc(-c5cc(F)c(CN6CCOCC6)c(F)c5)c4n3)cn2)CC1)NCCOCCNc1cccc2c1C(=O)N(C1CCC(=O)NC1=O)C2=O. The minimum Gasteiger partial charge on any atom is -0.382 e. The molecule has 0 saturated carbocycles. The molecule has 1 atom stereocenters. The molecular formula is C46H48F2N10O7. The van der Waals surface area contributed by atoms with Gasteiger partial charge in [-0.3, -0.25) is 53.7 Å². The molecule has 338 valence electrons. The molecule has 0 radical (unpaired) electrons. The molecule has 17 nitrogen and oxygen atoms in total. The molecule has 5 amide bonds. The van der Waals surface area contributed by atoms with Crippen LogP contribution in [0.15, 0.2) is 67.1 Å². The fourth-order valence-corrected chi connectivity index (χ4v) is 8.85. The van der Waals surface area contributed by atoms with Crippen LogP contribution in [0.5, 0.6) is 0 Å². The molecule has 9 rings (SSSR count). The maximum Gasteiger partial charge on any atom is 0.264 e. The first-order valence-corrected chi connectivity index (χ1v) is 21.8. The summed E-state index contributed by atoms with van der Waals surface area (Å²) in [6.07, 6.45) is 7.05. The van der Waals surface area contributed by atoms with Crippen molar-refractivity contribution in [2.75, 3.05) is 77.6 Å². The highest BCUT2D eigenvalue weighted by Crippen LogP contribution is 2.34. The molecule has 4 aliphatic heterocycles. The Kier molecular flexibility index (Phi) is 13.0. The summed E-state index contributed by atoms with van der Waals surface area (Å²) in [7, 11) is 0. The van der Waals surface area contributed by atoms with E-state index in [1.54, 1.807) is 36.7 Å². The van der Waals surface area contributed by atoms with Gasteiger partial charge in [0.05, 0.1) is 79.3 Å². The first-order valence-electron chi connectivity index (χ1n) is 21.8. The van der Waals surface area contributed by atoms with Crippen LogP contribution < -0.4 is 16.0 Å². The van der Waals surface area contributed by atoms with Gasteiger partial charge in [-0.1, -0.05) is 18.2 Å². The summed E-state index contributed by atoms with van der Waals surface area (Å²) in [6, 6.07) is 12.1. The summed E-state index contributed by atoms with van der Waals surface area (Å²) in [4.78, 5) is 77.7. The number of hydrogen-bond acceptors (Lipinski definition) is 13. The third-order valence-corrected chi connectivity index (χ3v) is 12.3. The van der Waals surface area contributed by atoms with E-state index in [1.807, 2.05) is 21.8 Å². The number of fused-ring (bicyclic) bond motifs is 2. The normalized spacial score (nSPS) is 18.6. The van der Waals surface area contributed by atoms with E-state index >= 15 is 8.78 Å². The number of ether oxygens (including phenoxy) is 2. The van der Waals surface area contributed by atoms with Gasteiger partial charge in [0.15, 0.2) is 0 Å². The van der Waals surface area contributed by atoms with Gasteiger partial charge in [-0.05, 0) is 55.2 Å². The summed E-state index contributed by atoms with van der Waals surface area (Å²) in [5.41, 5.74) is 4.28. The minimum absolute atomic E-state index is 0.0357. The van der Waals surface area contributed by atoms with E-state index in [2.05, 4.69) is 30.9 Å². The van der Waals surface area contributed by atoms with Crippen molar-refractivity contribution in [1.82, 2.24) is 45.1 Å². The van der Waals surface area contributed by atoms with Crippen LogP contribution in [-0.4, -0.2) is 142 Å². The molecule has 3 aromatic carbocycles. The summed E-state index contributed by atoms with van der Waals surface area (Å²) >= 11 is 0. The molecule has 2 aromatic heterocycles. The van der Waals surface area contributed by atoms with E-state index < -0.39 is 41.3 Å². The Morgan fingerprint density at radius 2 is 1.62 bits per heavy atom. The average molecular weight is 891 g/mol. The molecule has 3 fully saturated rings. The second-order valence-electron chi connectivity index (χ2n) is 16.5. The highest BCUT2D eigenvalue weighted by molar-refractivity contribution is 6.25. The fourth-order valence-electron chi connectivity index (χ4n) is 8.85. The first kappa shape index (κ1) is 43.7. The van der Waals surface area contributed by atoms with E-state index in [-0.39, 0.29) is 67.8 Å². The summed E-state index contributed by atoms with van der Waals surface area (Å²) in [5, 5.41) is 12.9. The molecule has 5 aromatic rings. The van der Waals surface area contributed by atoms with Crippen molar-refractivity contribution in [3.05, 3.63) is 95.4 Å². The van der Waals surface area contributed by atoms with Gasteiger partial charge >= 0.3 is 0 Å². The quantitative estimate of drug-likeness (QED) is 0.102. The van der Waals surface area contributed by atoms with Crippen LogP contribution in [0.1, 0.15) is 58.0 Å². The molecule has 4 aliphatic rings. The topological polar surface area (TPSA) is 193 Å². The number of morpholine rings is 1. The van der Waals surface area contributed by atoms with Gasteiger partial charge in [-0.25, -0.2) is 13.8 Å². The molecule has 0 bridgehead atoms. The zero-order valence-corrected chi connectivity index (χ0v) is 35.6. The number of para-hydroxylation sites is 1. The molecule has 65 heavy (non-hydrogen) atoms. The van der Waals surface area contributed by atoms with Crippen LogP contribution in [0, 0.1) is 11.6 Å². The molecule has 19 heteroatoms. The fraction of sp³-hybridized carbons (Fsp3) is 0.391.